The summed E-state index contributed by atoms with van der Waals surface area (Å²) in [7, 11) is 0. The summed E-state index contributed by atoms with van der Waals surface area (Å²) in [6.45, 7) is 7.82. The summed E-state index contributed by atoms with van der Waals surface area (Å²) >= 11 is 0. The number of hydrogen-bond donors (Lipinski definition) is 2. The summed E-state index contributed by atoms with van der Waals surface area (Å²) in [6, 6.07) is 6.42. The summed E-state index contributed by atoms with van der Waals surface area (Å²) in [4.78, 5) is 28.1. The molecule has 1 aromatic carbocycles. The van der Waals surface area contributed by atoms with E-state index in [2.05, 4.69) is 15.6 Å². The average molecular weight is 405 g/mol. The van der Waals surface area contributed by atoms with E-state index in [1.807, 2.05) is 6.92 Å². The zero-order chi connectivity index (χ0) is 21.7. The number of amides is 2. The third-order valence-electron chi connectivity index (χ3n) is 4.20. The largest absolute Gasteiger partial charge is 0.487 e. The minimum absolute atomic E-state index is 0.275. The molecule has 2 amide bonds. The van der Waals surface area contributed by atoms with Crippen LogP contribution in [0.1, 0.15) is 52.6 Å². The minimum atomic E-state index is -2.54. The average Bonchev–Trinajstić information content (AvgIpc) is 2.59. The Morgan fingerprint density at radius 3 is 2.28 bits per heavy atom. The number of ether oxygens (including phenoxy) is 1. The van der Waals surface area contributed by atoms with Crippen LogP contribution < -0.4 is 15.4 Å². The number of pyridine rings is 1. The molecule has 0 aliphatic carbocycles. The maximum absolute atomic E-state index is 12.7. The number of carbonyl (C=O) groups is 2. The minimum Gasteiger partial charge on any atom is -0.487 e. The molecule has 2 aromatic rings. The monoisotopic (exact) mass is 405 g/mol. The number of anilines is 1. The number of aryl methyl sites for hydroxylation is 3. The Morgan fingerprint density at radius 1 is 1.10 bits per heavy atom. The van der Waals surface area contributed by atoms with Crippen molar-refractivity contribution in [3.63, 3.8) is 0 Å². The molecule has 29 heavy (non-hydrogen) atoms. The third-order valence-corrected chi connectivity index (χ3v) is 4.20. The van der Waals surface area contributed by atoms with Gasteiger partial charge in [-0.3, -0.25) is 9.59 Å². The van der Waals surface area contributed by atoms with Gasteiger partial charge in [0, 0.05) is 18.2 Å². The third kappa shape index (κ3) is 6.23. The first-order valence-electron chi connectivity index (χ1n) is 9.16. The number of benzene rings is 1. The van der Waals surface area contributed by atoms with E-state index < -0.39 is 13.0 Å². The Hall–Kier alpha value is -3.03. The molecule has 0 saturated heterocycles. The fourth-order valence-corrected chi connectivity index (χ4v) is 3.02. The highest BCUT2D eigenvalue weighted by Gasteiger charge is 2.16. The van der Waals surface area contributed by atoms with Gasteiger partial charge in [-0.25, -0.2) is 13.8 Å². The molecule has 2 N–H and O–H groups in total. The van der Waals surface area contributed by atoms with Gasteiger partial charge in [-0.1, -0.05) is 12.1 Å². The lowest BCUT2D eigenvalue weighted by Crippen LogP contribution is -2.27. The van der Waals surface area contributed by atoms with E-state index in [9.17, 15) is 18.4 Å². The molecule has 156 valence electrons. The molecule has 0 saturated carbocycles. The molecule has 0 bridgehead atoms. The van der Waals surface area contributed by atoms with E-state index in [0.717, 1.165) is 16.7 Å². The lowest BCUT2D eigenvalue weighted by atomic mass is 10.0. The quantitative estimate of drug-likeness (QED) is 0.727. The fraction of sp³-hybridized carbons (Fsp3) is 0.381. The number of hydrogen-bond acceptors (Lipinski definition) is 4. The van der Waals surface area contributed by atoms with Crippen molar-refractivity contribution in [1.82, 2.24) is 10.3 Å². The zero-order valence-electron chi connectivity index (χ0n) is 17.1. The smallest absolute Gasteiger partial charge is 0.272 e. The highest BCUT2D eigenvalue weighted by Crippen LogP contribution is 2.28. The second kappa shape index (κ2) is 9.45. The number of halogens is 2. The van der Waals surface area contributed by atoms with E-state index in [-0.39, 0.29) is 17.9 Å². The van der Waals surface area contributed by atoms with Crippen molar-refractivity contribution in [2.45, 2.75) is 47.1 Å². The Labute approximate surface area is 168 Å². The summed E-state index contributed by atoms with van der Waals surface area (Å²) in [5.41, 5.74) is 3.23. The van der Waals surface area contributed by atoms with Gasteiger partial charge in [0.05, 0.1) is 6.04 Å². The lowest BCUT2D eigenvalue weighted by molar-refractivity contribution is -0.114. The summed E-state index contributed by atoms with van der Waals surface area (Å²) in [6.07, 6.45) is -2.54. The van der Waals surface area contributed by atoms with Gasteiger partial charge in [0.25, 0.3) is 12.3 Å². The molecule has 0 aliphatic heterocycles. The molecular weight excluding hydrogens is 380 g/mol. The van der Waals surface area contributed by atoms with Crippen molar-refractivity contribution in [1.29, 1.82) is 0 Å². The Morgan fingerprint density at radius 2 is 1.72 bits per heavy atom. The van der Waals surface area contributed by atoms with Crippen molar-refractivity contribution in [3.05, 3.63) is 52.2 Å². The van der Waals surface area contributed by atoms with Crippen LogP contribution in [0.2, 0.25) is 0 Å². The number of aromatic nitrogens is 1. The Bertz CT molecular complexity index is 893. The fourth-order valence-electron chi connectivity index (χ4n) is 3.02. The number of carbonyl (C=O) groups excluding carboxylic acids is 2. The van der Waals surface area contributed by atoms with Crippen molar-refractivity contribution in [3.8, 4) is 5.75 Å². The van der Waals surface area contributed by atoms with Crippen molar-refractivity contribution >= 4 is 17.6 Å². The van der Waals surface area contributed by atoms with Crippen LogP contribution in [0.5, 0.6) is 5.75 Å². The molecule has 0 fully saturated rings. The predicted octanol–water partition coefficient (Wildman–Crippen LogP) is 4.10. The highest BCUT2D eigenvalue weighted by molar-refractivity contribution is 5.96. The lowest BCUT2D eigenvalue weighted by Gasteiger charge is -2.19. The Kier molecular flexibility index (Phi) is 7.25. The number of nitrogens with zero attached hydrogens (tertiary/aromatic N) is 1. The van der Waals surface area contributed by atoms with Crippen molar-refractivity contribution < 1.29 is 23.1 Å². The van der Waals surface area contributed by atoms with Crippen LogP contribution in [-0.2, 0) is 4.79 Å². The first-order valence-corrected chi connectivity index (χ1v) is 9.16. The Balaban J connectivity index is 2.17. The molecule has 0 radical (unpaired) electrons. The first kappa shape index (κ1) is 22.3. The maximum atomic E-state index is 12.7. The molecule has 0 spiro atoms. The van der Waals surface area contributed by atoms with E-state index in [1.165, 1.54) is 13.0 Å². The standard InChI is InChI=1S/C21H25F2N3O3/c1-11-6-16(7-12(2)20(11)29-10-18(22)23)14(4)25-21(28)17-8-13(3)24-19(9-17)26-15(5)27/h6-9,14,18H,10H2,1-5H3,(H,25,28)(H,24,26,27). The van der Waals surface area contributed by atoms with Crippen LogP contribution >= 0.6 is 0 Å². The van der Waals surface area contributed by atoms with Gasteiger partial charge < -0.3 is 15.4 Å². The molecule has 0 aliphatic rings. The molecule has 1 atom stereocenters. The maximum Gasteiger partial charge on any atom is 0.272 e. The first-order chi connectivity index (χ1) is 13.6. The second-order valence-corrected chi connectivity index (χ2v) is 6.94. The van der Waals surface area contributed by atoms with Crippen LogP contribution in [-0.4, -0.2) is 29.8 Å². The van der Waals surface area contributed by atoms with E-state index in [4.69, 9.17) is 4.74 Å². The van der Waals surface area contributed by atoms with E-state index in [0.29, 0.717) is 22.8 Å². The summed E-state index contributed by atoms with van der Waals surface area (Å²) in [5.74, 6) is 0.144. The molecule has 1 aromatic heterocycles. The molecule has 1 unspecified atom stereocenters. The van der Waals surface area contributed by atoms with E-state index >= 15 is 0 Å². The number of rotatable bonds is 7. The van der Waals surface area contributed by atoms with Gasteiger partial charge >= 0.3 is 0 Å². The van der Waals surface area contributed by atoms with Crippen LogP contribution in [0, 0.1) is 20.8 Å². The molecule has 1 heterocycles. The molecule has 8 heteroatoms. The predicted molar refractivity (Wildman–Crippen MR) is 107 cm³/mol. The second-order valence-electron chi connectivity index (χ2n) is 6.94. The van der Waals surface area contributed by atoms with Gasteiger partial charge in [0.1, 0.15) is 18.2 Å². The van der Waals surface area contributed by atoms with E-state index in [1.54, 1.807) is 39.0 Å². The van der Waals surface area contributed by atoms with Gasteiger partial charge in [0.2, 0.25) is 5.91 Å². The van der Waals surface area contributed by atoms with Gasteiger partial charge in [-0.15, -0.1) is 0 Å². The normalized spacial score (nSPS) is 11.9. The van der Waals surface area contributed by atoms with Crippen molar-refractivity contribution in [2.75, 3.05) is 11.9 Å². The molecule has 6 nitrogen and oxygen atoms in total. The van der Waals surface area contributed by atoms with Crippen molar-refractivity contribution in [2.24, 2.45) is 0 Å². The van der Waals surface area contributed by atoms with Crippen LogP contribution in [0.4, 0.5) is 14.6 Å². The topological polar surface area (TPSA) is 80.3 Å². The number of alkyl halides is 2. The van der Waals surface area contributed by atoms with Gasteiger partial charge in [-0.2, -0.15) is 0 Å². The van der Waals surface area contributed by atoms with Crippen LogP contribution in [0.3, 0.4) is 0 Å². The van der Waals surface area contributed by atoms with Crippen LogP contribution in [0.15, 0.2) is 24.3 Å². The zero-order valence-corrected chi connectivity index (χ0v) is 17.1. The van der Waals surface area contributed by atoms with Crippen LogP contribution in [0.25, 0.3) is 0 Å². The number of nitrogens with one attached hydrogen (secondary N) is 2. The SMILES string of the molecule is CC(=O)Nc1cc(C(=O)NC(C)c2cc(C)c(OCC(F)F)c(C)c2)cc(C)n1. The van der Waals surface area contributed by atoms with Gasteiger partial charge in [-0.05, 0) is 56.5 Å². The highest BCUT2D eigenvalue weighted by atomic mass is 19.3. The summed E-state index contributed by atoms with van der Waals surface area (Å²) in [5, 5.41) is 5.47. The molecule has 2 rings (SSSR count). The molecular formula is C21H25F2N3O3. The van der Waals surface area contributed by atoms with Gasteiger partial charge in [0.15, 0.2) is 0 Å². The summed E-state index contributed by atoms with van der Waals surface area (Å²) < 4.78 is 30.0.